The Morgan fingerprint density at radius 1 is 1.41 bits per heavy atom. The van der Waals surface area contributed by atoms with E-state index in [1.165, 1.54) is 5.57 Å². The molecule has 0 radical (unpaired) electrons. The minimum absolute atomic E-state index is 0.0676. The molecule has 0 aromatic heterocycles. The first-order chi connectivity index (χ1) is 7.77. The van der Waals surface area contributed by atoms with Gasteiger partial charge in [0.25, 0.3) is 0 Å². The fraction of sp³-hybridized carbons (Fsp3) is 0.857. The highest BCUT2D eigenvalue weighted by Crippen LogP contribution is 2.34. The number of aliphatic hydroxyl groups is 1. The summed E-state index contributed by atoms with van der Waals surface area (Å²) in [7, 11) is 0. The van der Waals surface area contributed by atoms with Crippen LogP contribution < -0.4 is 0 Å². The van der Waals surface area contributed by atoms with Gasteiger partial charge in [0.15, 0.2) is 0 Å². The molecule has 0 bridgehead atoms. The van der Waals surface area contributed by atoms with Gasteiger partial charge in [0.05, 0.1) is 18.8 Å². The molecule has 2 atom stereocenters. The molecule has 1 rings (SSSR count). The van der Waals surface area contributed by atoms with Crippen molar-refractivity contribution in [2.24, 2.45) is 5.41 Å². The summed E-state index contributed by atoms with van der Waals surface area (Å²) in [5.41, 5.74) is 2.54. The Labute approximate surface area is 112 Å². The zero-order chi connectivity index (χ0) is 13.6. The van der Waals surface area contributed by atoms with E-state index >= 15 is 0 Å². The van der Waals surface area contributed by atoms with Crippen LogP contribution in [0.15, 0.2) is 11.1 Å². The molecule has 0 aliphatic carbocycles. The van der Waals surface area contributed by atoms with Crippen molar-refractivity contribution in [2.75, 3.05) is 12.4 Å². The van der Waals surface area contributed by atoms with E-state index in [-0.39, 0.29) is 24.2 Å². The molecule has 2 nitrogen and oxygen atoms in total. The lowest BCUT2D eigenvalue weighted by molar-refractivity contribution is -0.0575. The molecule has 0 aromatic rings. The molecule has 1 heterocycles. The normalized spacial score (nSPS) is 25.4. The smallest absolute Gasteiger partial charge is 0.0785 e. The molecule has 1 N–H and O–H groups in total. The second-order valence-electron chi connectivity index (χ2n) is 5.62. The Bertz CT molecular complexity index is 253. The number of hydrogen-bond donors (Lipinski definition) is 2. The molecule has 0 spiro atoms. The molecule has 0 saturated carbocycles. The SMILES string of the molecule is CC1=C(CO)C(C)OC(C(C)(C)C)C1.CCS. The van der Waals surface area contributed by atoms with E-state index in [1.54, 1.807) is 0 Å². The highest BCUT2D eigenvalue weighted by atomic mass is 32.1. The first kappa shape index (κ1) is 17.0. The molecule has 0 amide bonds. The maximum atomic E-state index is 9.18. The van der Waals surface area contributed by atoms with Gasteiger partial charge in [0, 0.05) is 0 Å². The van der Waals surface area contributed by atoms with E-state index < -0.39 is 0 Å². The van der Waals surface area contributed by atoms with Gasteiger partial charge in [-0.15, -0.1) is 0 Å². The third kappa shape index (κ3) is 5.45. The van der Waals surface area contributed by atoms with E-state index in [0.29, 0.717) is 0 Å². The van der Waals surface area contributed by atoms with Crippen LogP contribution >= 0.6 is 12.6 Å². The number of aliphatic hydroxyl groups excluding tert-OH is 1. The molecule has 0 saturated heterocycles. The third-order valence-corrected chi connectivity index (χ3v) is 3.04. The zero-order valence-electron chi connectivity index (χ0n) is 12.1. The van der Waals surface area contributed by atoms with Gasteiger partial charge in [-0.25, -0.2) is 0 Å². The average molecular weight is 260 g/mol. The van der Waals surface area contributed by atoms with Crippen molar-refractivity contribution < 1.29 is 9.84 Å². The van der Waals surface area contributed by atoms with E-state index in [4.69, 9.17) is 4.74 Å². The van der Waals surface area contributed by atoms with Crippen molar-refractivity contribution in [3.8, 4) is 0 Å². The summed E-state index contributed by atoms with van der Waals surface area (Å²) in [5, 5.41) is 9.18. The van der Waals surface area contributed by atoms with Gasteiger partial charge in [0.1, 0.15) is 0 Å². The maximum absolute atomic E-state index is 9.18. The highest BCUT2D eigenvalue weighted by molar-refractivity contribution is 7.80. The fourth-order valence-corrected chi connectivity index (χ4v) is 1.91. The zero-order valence-corrected chi connectivity index (χ0v) is 13.0. The third-order valence-electron chi connectivity index (χ3n) is 3.04. The summed E-state index contributed by atoms with van der Waals surface area (Å²) in [6.45, 7) is 12.8. The largest absolute Gasteiger partial charge is 0.392 e. The van der Waals surface area contributed by atoms with Gasteiger partial charge >= 0.3 is 0 Å². The van der Waals surface area contributed by atoms with E-state index in [1.807, 2.05) is 13.8 Å². The van der Waals surface area contributed by atoms with Crippen LogP contribution in [0.3, 0.4) is 0 Å². The topological polar surface area (TPSA) is 29.5 Å². The number of thiol groups is 1. The molecule has 2 unspecified atom stereocenters. The number of ether oxygens (including phenoxy) is 1. The Balaban J connectivity index is 0.000000770. The van der Waals surface area contributed by atoms with Crippen LogP contribution in [-0.2, 0) is 4.74 Å². The summed E-state index contributed by atoms with van der Waals surface area (Å²) >= 11 is 3.79. The van der Waals surface area contributed by atoms with Crippen LogP contribution in [0, 0.1) is 5.41 Å². The molecule has 102 valence electrons. The van der Waals surface area contributed by atoms with Crippen LogP contribution in [0.4, 0.5) is 0 Å². The predicted molar refractivity (Wildman–Crippen MR) is 77.7 cm³/mol. The lowest BCUT2D eigenvalue weighted by atomic mass is 9.82. The lowest BCUT2D eigenvalue weighted by Gasteiger charge is -2.38. The summed E-state index contributed by atoms with van der Waals surface area (Å²) in [6, 6.07) is 0. The highest BCUT2D eigenvalue weighted by Gasteiger charge is 2.32. The first-order valence-electron chi connectivity index (χ1n) is 6.33. The van der Waals surface area contributed by atoms with Crippen molar-refractivity contribution in [3.63, 3.8) is 0 Å². The molecule has 17 heavy (non-hydrogen) atoms. The van der Waals surface area contributed by atoms with Crippen LogP contribution in [0.2, 0.25) is 0 Å². The number of rotatable bonds is 1. The van der Waals surface area contributed by atoms with Gasteiger partial charge in [-0.05, 0) is 37.0 Å². The van der Waals surface area contributed by atoms with E-state index in [0.717, 1.165) is 17.7 Å². The maximum Gasteiger partial charge on any atom is 0.0785 e. The van der Waals surface area contributed by atoms with Gasteiger partial charge in [0.2, 0.25) is 0 Å². The quantitative estimate of drug-likeness (QED) is 0.558. The van der Waals surface area contributed by atoms with E-state index in [2.05, 4.69) is 40.3 Å². The second kappa shape index (κ2) is 7.45. The molecule has 0 aromatic carbocycles. The van der Waals surface area contributed by atoms with Crippen molar-refractivity contribution >= 4 is 12.6 Å². The molecule has 3 heteroatoms. The van der Waals surface area contributed by atoms with Gasteiger partial charge in [-0.2, -0.15) is 12.6 Å². The molecular weight excluding hydrogens is 232 g/mol. The number of hydrogen-bond acceptors (Lipinski definition) is 3. The Kier molecular flexibility index (Phi) is 7.45. The first-order valence-corrected chi connectivity index (χ1v) is 6.96. The summed E-state index contributed by atoms with van der Waals surface area (Å²) in [5.74, 6) is 0.944. The summed E-state index contributed by atoms with van der Waals surface area (Å²) in [6.07, 6.45) is 1.29. The Morgan fingerprint density at radius 2 is 1.88 bits per heavy atom. The van der Waals surface area contributed by atoms with Gasteiger partial charge < -0.3 is 9.84 Å². The van der Waals surface area contributed by atoms with Crippen LogP contribution in [0.25, 0.3) is 0 Å². The molecule has 0 fully saturated rings. The van der Waals surface area contributed by atoms with Crippen molar-refractivity contribution in [1.82, 2.24) is 0 Å². The lowest BCUT2D eigenvalue weighted by Crippen LogP contribution is -2.37. The summed E-state index contributed by atoms with van der Waals surface area (Å²) in [4.78, 5) is 0. The van der Waals surface area contributed by atoms with Gasteiger partial charge in [-0.1, -0.05) is 33.3 Å². The van der Waals surface area contributed by atoms with Crippen molar-refractivity contribution in [1.29, 1.82) is 0 Å². The standard InChI is InChI=1S/C12H22O2.C2H6S/c1-8-6-11(12(3,4)5)14-9(2)10(8)7-13;1-2-3/h9,11,13H,6-7H2,1-5H3;3H,2H2,1H3. The van der Waals surface area contributed by atoms with Crippen molar-refractivity contribution in [3.05, 3.63) is 11.1 Å². The fourth-order valence-electron chi connectivity index (χ4n) is 1.91. The Morgan fingerprint density at radius 3 is 2.18 bits per heavy atom. The van der Waals surface area contributed by atoms with Gasteiger partial charge in [-0.3, -0.25) is 0 Å². The molecule has 1 aliphatic rings. The summed E-state index contributed by atoms with van der Waals surface area (Å²) < 4.78 is 5.91. The van der Waals surface area contributed by atoms with Crippen molar-refractivity contribution in [2.45, 2.75) is 60.2 Å². The minimum Gasteiger partial charge on any atom is -0.392 e. The average Bonchev–Trinajstić information content (AvgIpc) is 2.16. The van der Waals surface area contributed by atoms with Crippen LogP contribution in [-0.4, -0.2) is 29.7 Å². The monoisotopic (exact) mass is 260 g/mol. The molecular formula is C14H28O2S. The predicted octanol–water partition coefficient (Wildman–Crippen LogP) is 3.45. The Hall–Kier alpha value is 0.0100. The minimum atomic E-state index is 0.0676. The molecule has 1 aliphatic heterocycles. The van der Waals surface area contributed by atoms with Crippen LogP contribution in [0.5, 0.6) is 0 Å². The second-order valence-corrected chi connectivity index (χ2v) is 6.25. The van der Waals surface area contributed by atoms with E-state index in [9.17, 15) is 5.11 Å². The van der Waals surface area contributed by atoms with Crippen LogP contribution in [0.1, 0.15) is 48.0 Å².